The van der Waals surface area contributed by atoms with E-state index < -0.39 is 18.3 Å². The Hall–Kier alpha value is -0.940. The molecule has 1 saturated heterocycles. The van der Waals surface area contributed by atoms with Gasteiger partial charge in [-0.2, -0.15) is 0 Å². The van der Waals surface area contributed by atoms with Crippen LogP contribution in [0.15, 0.2) is 30.3 Å². The molecule has 4 atom stereocenters. The Morgan fingerprint density at radius 3 is 2.50 bits per heavy atom. The molecule has 0 radical (unpaired) electrons. The van der Waals surface area contributed by atoms with Crippen molar-refractivity contribution in [1.82, 2.24) is 0 Å². The Bertz CT molecular complexity index is 327. The molecule has 1 aliphatic rings. The zero-order valence-electron chi connectivity index (χ0n) is 8.86. The van der Waals surface area contributed by atoms with Crippen molar-refractivity contribution in [2.75, 3.05) is 6.61 Å². The molecular weight excluding hydrogens is 208 g/mol. The van der Waals surface area contributed by atoms with Gasteiger partial charge in [0.1, 0.15) is 12.2 Å². The maximum Gasteiger partial charge on any atom is 0.110 e. The third-order valence-corrected chi connectivity index (χ3v) is 2.92. The minimum absolute atomic E-state index is 0.267. The highest BCUT2D eigenvalue weighted by atomic mass is 16.5. The smallest absolute Gasteiger partial charge is 0.110 e. The lowest BCUT2D eigenvalue weighted by Gasteiger charge is -2.36. The molecule has 1 fully saturated rings. The summed E-state index contributed by atoms with van der Waals surface area (Å²) in [7, 11) is 0. The zero-order chi connectivity index (χ0) is 11.5. The van der Waals surface area contributed by atoms with Crippen molar-refractivity contribution in [2.45, 2.75) is 30.8 Å². The molecule has 2 rings (SSSR count). The molecule has 0 saturated carbocycles. The summed E-state index contributed by atoms with van der Waals surface area (Å²) in [6, 6.07) is 9.50. The normalized spacial score (nSPS) is 34.9. The number of rotatable bonds is 2. The summed E-state index contributed by atoms with van der Waals surface area (Å²) in [6.45, 7) is -0.290. The molecule has 4 nitrogen and oxygen atoms in total. The van der Waals surface area contributed by atoms with Gasteiger partial charge in [-0.1, -0.05) is 30.3 Å². The van der Waals surface area contributed by atoms with Crippen LogP contribution in [0.2, 0.25) is 0 Å². The number of aliphatic hydroxyl groups is 3. The molecule has 0 amide bonds. The summed E-state index contributed by atoms with van der Waals surface area (Å²) in [5.74, 6) is 0. The summed E-state index contributed by atoms with van der Waals surface area (Å²) in [5, 5.41) is 28.3. The van der Waals surface area contributed by atoms with Crippen LogP contribution in [0.4, 0.5) is 0 Å². The van der Waals surface area contributed by atoms with Crippen LogP contribution in [0.3, 0.4) is 0 Å². The van der Waals surface area contributed by atoms with Crippen LogP contribution in [0.25, 0.3) is 0 Å². The van der Waals surface area contributed by atoms with Gasteiger partial charge in [0.2, 0.25) is 0 Å². The largest absolute Gasteiger partial charge is 0.394 e. The third-order valence-electron chi connectivity index (χ3n) is 2.92. The Morgan fingerprint density at radius 1 is 1.19 bits per heavy atom. The molecule has 0 bridgehead atoms. The van der Waals surface area contributed by atoms with Crippen LogP contribution in [-0.2, 0) is 4.74 Å². The predicted molar refractivity (Wildman–Crippen MR) is 57.8 cm³/mol. The van der Waals surface area contributed by atoms with E-state index in [0.717, 1.165) is 5.56 Å². The van der Waals surface area contributed by atoms with E-state index >= 15 is 0 Å². The molecule has 0 spiro atoms. The van der Waals surface area contributed by atoms with Crippen molar-refractivity contribution in [1.29, 1.82) is 0 Å². The first-order valence-electron chi connectivity index (χ1n) is 5.39. The highest BCUT2D eigenvalue weighted by molar-refractivity contribution is 5.18. The van der Waals surface area contributed by atoms with Gasteiger partial charge >= 0.3 is 0 Å². The molecule has 1 aliphatic heterocycles. The first kappa shape index (κ1) is 11.5. The van der Waals surface area contributed by atoms with E-state index in [1.807, 2.05) is 30.3 Å². The predicted octanol–water partition coefficient (Wildman–Crippen LogP) is 0.231. The van der Waals surface area contributed by atoms with Gasteiger partial charge in [-0.25, -0.2) is 0 Å². The molecule has 0 aromatic heterocycles. The van der Waals surface area contributed by atoms with Gasteiger partial charge in [-0.3, -0.25) is 0 Å². The van der Waals surface area contributed by atoms with Crippen molar-refractivity contribution in [2.24, 2.45) is 0 Å². The van der Waals surface area contributed by atoms with Gasteiger partial charge in [-0.15, -0.1) is 0 Å². The lowest BCUT2D eigenvalue weighted by Crippen LogP contribution is -2.47. The van der Waals surface area contributed by atoms with Gasteiger partial charge in [0.05, 0.1) is 18.8 Å². The van der Waals surface area contributed by atoms with Crippen LogP contribution in [0, 0.1) is 0 Å². The SMILES string of the molecule is OC[C@H]1OC(c2ccccc2)C[C@@H](O)[C@@H]1O. The summed E-state index contributed by atoms with van der Waals surface area (Å²) in [5.41, 5.74) is 0.951. The van der Waals surface area contributed by atoms with Crippen molar-refractivity contribution in [3.05, 3.63) is 35.9 Å². The van der Waals surface area contributed by atoms with Crippen LogP contribution < -0.4 is 0 Å². The molecule has 1 heterocycles. The van der Waals surface area contributed by atoms with Gasteiger partial charge in [0, 0.05) is 6.42 Å². The Labute approximate surface area is 94.1 Å². The van der Waals surface area contributed by atoms with E-state index in [1.165, 1.54) is 0 Å². The van der Waals surface area contributed by atoms with Gasteiger partial charge in [-0.05, 0) is 5.56 Å². The molecular formula is C12H16O4. The van der Waals surface area contributed by atoms with E-state index in [1.54, 1.807) is 0 Å². The molecule has 88 valence electrons. The Kier molecular flexibility index (Phi) is 3.56. The minimum Gasteiger partial charge on any atom is -0.394 e. The number of aliphatic hydroxyl groups excluding tert-OH is 3. The van der Waals surface area contributed by atoms with Gasteiger partial charge < -0.3 is 20.1 Å². The highest BCUT2D eigenvalue weighted by Crippen LogP contribution is 2.31. The second-order valence-corrected chi connectivity index (χ2v) is 4.05. The lowest BCUT2D eigenvalue weighted by atomic mass is 9.94. The van der Waals surface area contributed by atoms with Crippen LogP contribution in [0.1, 0.15) is 18.1 Å². The van der Waals surface area contributed by atoms with Crippen molar-refractivity contribution in [3.63, 3.8) is 0 Å². The first-order valence-corrected chi connectivity index (χ1v) is 5.39. The molecule has 16 heavy (non-hydrogen) atoms. The Balaban J connectivity index is 2.13. The second-order valence-electron chi connectivity index (χ2n) is 4.05. The fourth-order valence-electron chi connectivity index (χ4n) is 1.99. The third kappa shape index (κ3) is 2.25. The van der Waals surface area contributed by atoms with E-state index in [2.05, 4.69) is 0 Å². The maximum absolute atomic E-state index is 9.67. The van der Waals surface area contributed by atoms with E-state index in [-0.39, 0.29) is 12.7 Å². The number of hydrogen-bond donors (Lipinski definition) is 3. The minimum atomic E-state index is -1.01. The quantitative estimate of drug-likeness (QED) is 0.672. The first-order chi connectivity index (χ1) is 7.72. The summed E-state index contributed by atoms with van der Waals surface area (Å²) in [6.07, 6.45) is -2.49. The number of benzene rings is 1. The average Bonchev–Trinajstić information content (AvgIpc) is 2.33. The molecule has 1 unspecified atom stereocenters. The fourth-order valence-corrected chi connectivity index (χ4v) is 1.99. The van der Waals surface area contributed by atoms with Crippen LogP contribution in [-0.4, -0.2) is 40.2 Å². The molecule has 4 heteroatoms. The highest BCUT2D eigenvalue weighted by Gasteiger charge is 2.36. The van der Waals surface area contributed by atoms with E-state index in [4.69, 9.17) is 9.84 Å². The topological polar surface area (TPSA) is 69.9 Å². The van der Waals surface area contributed by atoms with E-state index in [0.29, 0.717) is 6.42 Å². The Morgan fingerprint density at radius 2 is 1.88 bits per heavy atom. The fraction of sp³-hybridized carbons (Fsp3) is 0.500. The number of hydrogen-bond acceptors (Lipinski definition) is 4. The molecule has 0 aliphatic carbocycles. The van der Waals surface area contributed by atoms with Gasteiger partial charge in [0.15, 0.2) is 0 Å². The van der Waals surface area contributed by atoms with Crippen LogP contribution >= 0.6 is 0 Å². The molecule has 1 aromatic rings. The summed E-state index contributed by atoms with van der Waals surface area (Å²) in [4.78, 5) is 0. The van der Waals surface area contributed by atoms with E-state index in [9.17, 15) is 10.2 Å². The van der Waals surface area contributed by atoms with Crippen LogP contribution in [0.5, 0.6) is 0 Å². The lowest BCUT2D eigenvalue weighted by molar-refractivity contribution is -0.181. The molecule has 3 N–H and O–H groups in total. The number of ether oxygens (including phenoxy) is 1. The van der Waals surface area contributed by atoms with Crippen molar-refractivity contribution < 1.29 is 20.1 Å². The van der Waals surface area contributed by atoms with Crippen molar-refractivity contribution >= 4 is 0 Å². The van der Waals surface area contributed by atoms with Crippen molar-refractivity contribution in [3.8, 4) is 0 Å². The van der Waals surface area contributed by atoms with Gasteiger partial charge in [0.25, 0.3) is 0 Å². The summed E-state index contributed by atoms with van der Waals surface area (Å²) < 4.78 is 5.54. The molecule has 1 aromatic carbocycles. The zero-order valence-corrected chi connectivity index (χ0v) is 8.86. The standard InChI is InChI=1S/C12H16O4/c13-7-11-12(15)9(14)6-10(16-11)8-4-2-1-3-5-8/h1-5,9-15H,6-7H2/t9-,10?,11-,12+/m1/s1. The average molecular weight is 224 g/mol. The summed E-state index contributed by atoms with van der Waals surface area (Å²) >= 11 is 0. The maximum atomic E-state index is 9.67. The second kappa shape index (κ2) is 4.93. The monoisotopic (exact) mass is 224 g/mol.